The third kappa shape index (κ3) is 5.40. The number of carbonyl (C=O) groups is 1. The SMILES string of the molecule is COc1cc(C=CC(=O)Oc2ccc3c(=O)c(Oc4ccc5ccccc5c4)coc3c2)cc(OC)c1OC. The van der Waals surface area contributed by atoms with Crippen LogP contribution in [0.4, 0.5) is 0 Å². The van der Waals surface area contributed by atoms with Crippen LogP contribution in [-0.2, 0) is 4.79 Å². The maximum Gasteiger partial charge on any atom is 0.336 e. The lowest BCUT2D eigenvalue weighted by atomic mass is 10.1. The van der Waals surface area contributed by atoms with Crippen LogP contribution in [-0.4, -0.2) is 27.3 Å². The zero-order valence-electron chi connectivity index (χ0n) is 21.4. The molecule has 8 nitrogen and oxygen atoms in total. The molecule has 0 N–H and O–H groups in total. The summed E-state index contributed by atoms with van der Waals surface area (Å²) < 4.78 is 32.8. The maximum absolute atomic E-state index is 13.0. The maximum atomic E-state index is 13.0. The Bertz CT molecular complexity index is 1740. The molecule has 8 heteroatoms. The highest BCUT2D eigenvalue weighted by Crippen LogP contribution is 2.38. The molecule has 0 saturated heterocycles. The Morgan fingerprint density at radius 1 is 0.769 bits per heavy atom. The Morgan fingerprint density at radius 2 is 1.49 bits per heavy atom. The van der Waals surface area contributed by atoms with Crippen molar-refractivity contribution < 1.29 is 32.9 Å². The van der Waals surface area contributed by atoms with Gasteiger partial charge in [0.05, 0.1) is 26.7 Å². The van der Waals surface area contributed by atoms with Crippen LogP contribution in [0, 0.1) is 0 Å². The van der Waals surface area contributed by atoms with E-state index in [0.29, 0.717) is 33.9 Å². The number of hydrogen-bond acceptors (Lipinski definition) is 8. The number of carbonyl (C=O) groups excluding carboxylic acids is 1. The number of esters is 1. The molecule has 196 valence electrons. The summed E-state index contributed by atoms with van der Waals surface area (Å²) in [5, 5.41) is 2.35. The van der Waals surface area contributed by atoms with E-state index in [1.165, 1.54) is 51.9 Å². The fraction of sp³-hybridized carbons (Fsp3) is 0.0968. The van der Waals surface area contributed by atoms with E-state index in [1.807, 2.05) is 36.4 Å². The van der Waals surface area contributed by atoms with E-state index in [-0.39, 0.29) is 22.5 Å². The topological polar surface area (TPSA) is 93.4 Å². The molecular formula is C31H24O8. The largest absolute Gasteiger partial charge is 0.493 e. The molecule has 1 aromatic heterocycles. The predicted octanol–water partition coefficient (Wildman–Crippen LogP) is 6.38. The Labute approximate surface area is 223 Å². The molecule has 0 amide bonds. The Kier molecular flexibility index (Phi) is 7.18. The molecule has 4 aromatic carbocycles. The Morgan fingerprint density at radius 3 is 2.21 bits per heavy atom. The summed E-state index contributed by atoms with van der Waals surface area (Å²) in [6.45, 7) is 0. The first-order valence-electron chi connectivity index (χ1n) is 11.9. The van der Waals surface area contributed by atoms with Crippen LogP contribution in [0.5, 0.6) is 34.5 Å². The average Bonchev–Trinajstić information content (AvgIpc) is 2.96. The molecule has 0 unspecified atom stereocenters. The van der Waals surface area contributed by atoms with E-state index in [4.69, 9.17) is 28.1 Å². The monoisotopic (exact) mass is 524 g/mol. The molecule has 1 heterocycles. The minimum absolute atomic E-state index is 0.0517. The summed E-state index contributed by atoms with van der Waals surface area (Å²) >= 11 is 0. The number of rotatable bonds is 8. The lowest BCUT2D eigenvalue weighted by Gasteiger charge is -2.12. The lowest BCUT2D eigenvalue weighted by Crippen LogP contribution is -2.06. The van der Waals surface area contributed by atoms with Crippen molar-refractivity contribution in [1.29, 1.82) is 0 Å². The van der Waals surface area contributed by atoms with Gasteiger partial charge in [0.2, 0.25) is 16.9 Å². The standard InChI is InChI=1S/C31H24O8/c1-34-26-14-19(15-27(35-2)31(26)36-3)8-13-29(32)39-23-11-12-24-25(17-23)37-18-28(30(24)33)38-22-10-9-20-6-4-5-7-21(20)16-22/h4-18H,1-3H3. The van der Waals surface area contributed by atoms with Gasteiger partial charge in [-0.15, -0.1) is 0 Å². The van der Waals surface area contributed by atoms with Gasteiger partial charge in [0.1, 0.15) is 23.3 Å². The summed E-state index contributed by atoms with van der Waals surface area (Å²) in [7, 11) is 4.53. The number of methoxy groups -OCH3 is 3. The smallest absolute Gasteiger partial charge is 0.336 e. The first-order valence-corrected chi connectivity index (χ1v) is 11.9. The van der Waals surface area contributed by atoms with Crippen molar-refractivity contribution in [3.8, 4) is 34.5 Å². The third-order valence-corrected chi connectivity index (χ3v) is 5.98. The van der Waals surface area contributed by atoms with Crippen LogP contribution in [0.1, 0.15) is 5.56 Å². The van der Waals surface area contributed by atoms with E-state index in [9.17, 15) is 9.59 Å². The zero-order valence-corrected chi connectivity index (χ0v) is 21.4. The van der Waals surface area contributed by atoms with Crippen molar-refractivity contribution in [3.63, 3.8) is 0 Å². The van der Waals surface area contributed by atoms with Crippen LogP contribution < -0.4 is 29.1 Å². The summed E-state index contributed by atoms with van der Waals surface area (Å²) in [6.07, 6.45) is 4.07. The van der Waals surface area contributed by atoms with Crippen molar-refractivity contribution in [3.05, 3.63) is 101 Å². The molecule has 0 aliphatic carbocycles. The molecule has 0 bridgehead atoms. The van der Waals surface area contributed by atoms with Crippen molar-refractivity contribution in [2.75, 3.05) is 21.3 Å². The van der Waals surface area contributed by atoms with Crippen molar-refractivity contribution in [2.45, 2.75) is 0 Å². The molecule has 0 spiro atoms. The summed E-state index contributed by atoms with van der Waals surface area (Å²) in [5.74, 6) is 1.52. The first-order chi connectivity index (χ1) is 19.0. The molecule has 0 aliphatic heterocycles. The summed E-state index contributed by atoms with van der Waals surface area (Å²) in [6, 6.07) is 21.3. The van der Waals surface area contributed by atoms with Crippen LogP contribution in [0.15, 0.2) is 94.3 Å². The molecule has 5 aromatic rings. The third-order valence-electron chi connectivity index (χ3n) is 5.98. The van der Waals surface area contributed by atoms with Gasteiger partial charge in [0.15, 0.2) is 11.5 Å². The molecule has 0 saturated carbocycles. The molecule has 0 atom stereocenters. The van der Waals surface area contributed by atoms with Gasteiger partial charge >= 0.3 is 5.97 Å². The minimum atomic E-state index is -0.623. The first kappa shape index (κ1) is 25.4. The van der Waals surface area contributed by atoms with Crippen molar-refractivity contribution >= 4 is 33.8 Å². The molecule has 0 aliphatic rings. The average molecular weight is 525 g/mol. The van der Waals surface area contributed by atoms with E-state index < -0.39 is 5.97 Å². The van der Waals surface area contributed by atoms with Gasteiger partial charge in [-0.1, -0.05) is 30.3 Å². The van der Waals surface area contributed by atoms with Crippen molar-refractivity contribution in [1.82, 2.24) is 0 Å². The normalized spacial score (nSPS) is 11.1. The van der Waals surface area contributed by atoms with E-state index in [2.05, 4.69) is 0 Å². The number of ether oxygens (including phenoxy) is 5. The molecule has 0 fully saturated rings. The molecule has 39 heavy (non-hydrogen) atoms. The highest BCUT2D eigenvalue weighted by atomic mass is 16.5. The fourth-order valence-electron chi connectivity index (χ4n) is 4.09. The van der Waals surface area contributed by atoms with Gasteiger partial charge in [0, 0.05) is 12.1 Å². The second kappa shape index (κ2) is 11.0. The van der Waals surface area contributed by atoms with Gasteiger partial charge in [-0.2, -0.15) is 0 Å². The van der Waals surface area contributed by atoms with Gasteiger partial charge in [-0.25, -0.2) is 4.79 Å². The van der Waals surface area contributed by atoms with E-state index in [1.54, 1.807) is 24.3 Å². The Balaban J connectivity index is 1.32. The number of fused-ring (bicyclic) bond motifs is 2. The van der Waals surface area contributed by atoms with Crippen LogP contribution in [0.2, 0.25) is 0 Å². The summed E-state index contributed by atoms with van der Waals surface area (Å²) in [5.41, 5.74) is 0.555. The van der Waals surface area contributed by atoms with Gasteiger partial charge in [0.25, 0.3) is 0 Å². The van der Waals surface area contributed by atoms with Gasteiger partial charge < -0.3 is 28.1 Å². The number of hydrogen-bond donors (Lipinski definition) is 0. The van der Waals surface area contributed by atoms with Gasteiger partial charge in [-0.3, -0.25) is 4.79 Å². The fourth-order valence-corrected chi connectivity index (χ4v) is 4.09. The zero-order chi connectivity index (χ0) is 27.4. The van der Waals surface area contributed by atoms with Crippen molar-refractivity contribution in [2.24, 2.45) is 0 Å². The minimum Gasteiger partial charge on any atom is -0.493 e. The van der Waals surface area contributed by atoms with E-state index in [0.717, 1.165) is 10.8 Å². The number of benzene rings is 4. The van der Waals surface area contributed by atoms with E-state index >= 15 is 0 Å². The van der Waals surface area contributed by atoms with Gasteiger partial charge in [-0.05, 0) is 58.8 Å². The molecular weight excluding hydrogens is 500 g/mol. The Hall–Kier alpha value is -5.24. The summed E-state index contributed by atoms with van der Waals surface area (Å²) in [4.78, 5) is 25.5. The van der Waals surface area contributed by atoms with Crippen LogP contribution in [0.3, 0.4) is 0 Å². The van der Waals surface area contributed by atoms with Crippen LogP contribution in [0.25, 0.3) is 27.8 Å². The highest BCUT2D eigenvalue weighted by Gasteiger charge is 2.14. The molecule has 5 rings (SSSR count). The lowest BCUT2D eigenvalue weighted by molar-refractivity contribution is -0.128. The predicted molar refractivity (Wildman–Crippen MR) is 147 cm³/mol. The second-order valence-corrected chi connectivity index (χ2v) is 8.41. The highest BCUT2D eigenvalue weighted by molar-refractivity contribution is 5.90. The van der Waals surface area contributed by atoms with Crippen LogP contribution >= 0.6 is 0 Å². The second-order valence-electron chi connectivity index (χ2n) is 8.41. The molecule has 0 radical (unpaired) electrons. The quantitative estimate of drug-likeness (QED) is 0.131.